The van der Waals surface area contributed by atoms with Crippen LogP contribution in [-0.4, -0.2) is 41.9 Å². The number of aliphatic carboxylic acids is 1. The molecular weight excluding hydrogens is 382 g/mol. The van der Waals surface area contributed by atoms with Gasteiger partial charge in [-0.05, 0) is 6.42 Å². The molecule has 0 fully saturated rings. The fourth-order valence-corrected chi connectivity index (χ4v) is 2.91. The van der Waals surface area contributed by atoms with E-state index in [1.54, 1.807) is 0 Å². The summed E-state index contributed by atoms with van der Waals surface area (Å²) in [5.74, 6) is -2.70. The number of ether oxygens (including phenoxy) is 1. The Kier molecular flexibility index (Phi) is 23.3. The van der Waals surface area contributed by atoms with Crippen molar-refractivity contribution in [3.05, 3.63) is 0 Å². The maximum Gasteiger partial charge on any atom is 1.00 e. The molecule has 0 spiro atoms. The zero-order chi connectivity index (χ0) is 18.4. The Balaban J connectivity index is -0.000000441. The average molecular weight is 414 g/mol. The third kappa shape index (κ3) is 18.2. The standard InChI is InChI=1S/C16H30O7S.2Na.2H/c1-2-3-4-5-6-7-8-9-10-11-12-23-15(17)13-14(16(18)19)24(20,21)22;;;;/h14H,2-13H2,1H3,(H,18,19)(H,20,21,22);;;;/q;2*+1;2*-1. The number of carboxylic acid groups (broad SMARTS) is 1. The van der Waals surface area contributed by atoms with Gasteiger partial charge in [0.15, 0.2) is 5.25 Å². The van der Waals surface area contributed by atoms with Crippen LogP contribution in [0, 0.1) is 0 Å². The summed E-state index contributed by atoms with van der Waals surface area (Å²) < 4.78 is 35.2. The fraction of sp³-hybridized carbons (Fsp3) is 0.875. The molecule has 0 aliphatic rings. The van der Waals surface area contributed by atoms with Crippen molar-refractivity contribution in [2.24, 2.45) is 0 Å². The molecule has 0 amide bonds. The van der Waals surface area contributed by atoms with E-state index in [0.29, 0.717) is 6.42 Å². The van der Waals surface area contributed by atoms with Gasteiger partial charge in [0.2, 0.25) is 0 Å². The van der Waals surface area contributed by atoms with Crippen LogP contribution in [0.2, 0.25) is 0 Å². The summed E-state index contributed by atoms with van der Waals surface area (Å²) in [5, 5.41) is 6.50. The largest absolute Gasteiger partial charge is 1.00 e. The molecule has 0 aromatic rings. The molecule has 0 aromatic carbocycles. The van der Waals surface area contributed by atoms with Crippen molar-refractivity contribution in [2.45, 2.75) is 82.8 Å². The first-order valence-corrected chi connectivity index (χ1v) is 10.1. The smallest absolute Gasteiger partial charge is 1.00 e. The van der Waals surface area contributed by atoms with E-state index in [-0.39, 0.29) is 68.6 Å². The first-order chi connectivity index (χ1) is 11.3. The minimum atomic E-state index is -4.81. The second-order valence-corrected chi connectivity index (χ2v) is 7.55. The third-order valence-electron chi connectivity index (χ3n) is 3.75. The van der Waals surface area contributed by atoms with Crippen molar-refractivity contribution in [1.29, 1.82) is 0 Å². The van der Waals surface area contributed by atoms with Gasteiger partial charge in [-0.2, -0.15) is 8.42 Å². The SMILES string of the molecule is CCCCCCCCCCCCOC(=O)CC(C(=O)O)S(=O)(=O)O.[H-].[H-].[Na+].[Na+]. The summed E-state index contributed by atoms with van der Waals surface area (Å²) in [4.78, 5) is 22.1. The second-order valence-electron chi connectivity index (χ2n) is 5.95. The monoisotopic (exact) mass is 414 g/mol. The Morgan fingerprint density at radius 2 is 1.35 bits per heavy atom. The molecular formula is C16H32Na2O7S. The van der Waals surface area contributed by atoms with E-state index in [1.165, 1.54) is 38.5 Å². The molecule has 0 aliphatic carbocycles. The van der Waals surface area contributed by atoms with Crippen molar-refractivity contribution >= 4 is 22.1 Å². The van der Waals surface area contributed by atoms with Gasteiger partial charge in [-0.1, -0.05) is 64.7 Å². The van der Waals surface area contributed by atoms with E-state index in [2.05, 4.69) is 6.92 Å². The summed E-state index contributed by atoms with van der Waals surface area (Å²) >= 11 is 0. The van der Waals surface area contributed by atoms with Crippen LogP contribution in [0.1, 0.15) is 80.4 Å². The number of unbranched alkanes of at least 4 members (excludes halogenated alkanes) is 9. The normalized spacial score (nSPS) is 11.8. The van der Waals surface area contributed by atoms with Crippen LogP contribution in [0.25, 0.3) is 0 Å². The summed E-state index contributed by atoms with van der Waals surface area (Å²) in [6.45, 7) is 2.32. The zero-order valence-electron chi connectivity index (χ0n) is 18.4. The van der Waals surface area contributed by atoms with Gasteiger partial charge >= 0.3 is 71.1 Å². The van der Waals surface area contributed by atoms with Gasteiger partial charge in [-0.3, -0.25) is 14.1 Å². The van der Waals surface area contributed by atoms with Crippen LogP contribution in [0.5, 0.6) is 0 Å². The van der Waals surface area contributed by atoms with Gasteiger partial charge in [-0.25, -0.2) is 0 Å². The van der Waals surface area contributed by atoms with E-state index in [4.69, 9.17) is 14.4 Å². The first-order valence-electron chi connectivity index (χ1n) is 8.63. The van der Waals surface area contributed by atoms with Gasteiger partial charge in [0.05, 0.1) is 13.0 Å². The molecule has 0 bridgehead atoms. The minimum Gasteiger partial charge on any atom is -1.00 e. The predicted molar refractivity (Wildman–Crippen MR) is 92.6 cm³/mol. The van der Waals surface area contributed by atoms with Crippen molar-refractivity contribution in [1.82, 2.24) is 0 Å². The second kappa shape index (κ2) is 19.2. The molecule has 0 saturated carbocycles. The van der Waals surface area contributed by atoms with Crippen LogP contribution in [-0.2, 0) is 24.4 Å². The molecule has 0 saturated heterocycles. The van der Waals surface area contributed by atoms with Gasteiger partial charge in [0.1, 0.15) is 0 Å². The summed E-state index contributed by atoms with van der Waals surface area (Å²) in [6, 6.07) is 0. The third-order valence-corrected chi connectivity index (χ3v) is 4.84. The molecule has 7 nitrogen and oxygen atoms in total. The summed E-state index contributed by atoms with van der Waals surface area (Å²) in [5.41, 5.74) is 0. The quantitative estimate of drug-likeness (QED) is 0.131. The molecule has 146 valence electrons. The first kappa shape index (κ1) is 31.5. The Labute approximate surface area is 204 Å². The zero-order valence-corrected chi connectivity index (χ0v) is 21.2. The molecule has 1 atom stereocenters. The van der Waals surface area contributed by atoms with Gasteiger partial charge in [0, 0.05) is 0 Å². The molecule has 0 aromatic heterocycles. The number of esters is 1. The maximum absolute atomic E-state index is 11.4. The van der Waals surface area contributed by atoms with E-state index in [1.807, 2.05) is 0 Å². The Morgan fingerprint density at radius 3 is 1.73 bits per heavy atom. The minimum absolute atomic E-state index is 0. The van der Waals surface area contributed by atoms with Crippen LogP contribution in [0.3, 0.4) is 0 Å². The number of hydrogen-bond donors (Lipinski definition) is 2. The van der Waals surface area contributed by atoms with Crippen LogP contribution in [0.15, 0.2) is 0 Å². The molecule has 0 heterocycles. The van der Waals surface area contributed by atoms with Crippen molar-refractivity contribution in [3.8, 4) is 0 Å². The number of carbonyl (C=O) groups is 2. The summed E-state index contributed by atoms with van der Waals surface area (Å²) in [6.07, 6.45) is 10.5. The van der Waals surface area contributed by atoms with E-state index >= 15 is 0 Å². The Morgan fingerprint density at radius 1 is 0.923 bits per heavy atom. The molecule has 26 heavy (non-hydrogen) atoms. The predicted octanol–water partition coefficient (Wildman–Crippen LogP) is -2.59. The van der Waals surface area contributed by atoms with Crippen LogP contribution in [0.4, 0.5) is 0 Å². The fourth-order valence-electron chi connectivity index (χ4n) is 2.31. The van der Waals surface area contributed by atoms with E-state index < -0.39 is 33.7 Å². The van der Waals surface area contributed by atoms with Crippen LogP contribution >= 0.6 is 0 Å². The van der Waals surface area contributed by atoms with E-state index in [0.717, 1.165) is 19.3 Å². The number of carboxylic acids is 1. The molecule has 1 unspecified atom stereocenters. The van der Waals surface area contributed by atoms with Gasteiger partial charge in [0.25, 0.3) is 10.1 Å². The van der Waals surface area contributed by atoms with Gasteiger partial charge in [-0.15, -0.1) is 0 Å². The van der Waals surface area contributed by atoms with Gasteiger partial charge < -0.3 is 12.7 Å². The molecule has 0 rings (SSSR count). The van der Waals surface area contributed by atoms with Crippen molar-refractivity contribution in [3.63, 3.8) is 0 Å². The topological polar surface area (TPSA) is 118 Å². The Hall–Kier alpha value is 0.850. The molecule has 10 heteroatoms. The van der Waals surface area contributed by atoms with Crippen molar-refractivity contribution < 1.29 is 94.4 Å². The van der Waals surface area contributed by atoms with E-state index in [9.17, 15) is 18.0 Å². The Bertz CT molecular complexity index is 480. The summed E-state index contributed by atoms with van der Waals surface area (Å²) in [7, 11) is -4.81. The van der Waals surface area contributed by atoms with Crippen LogP contribution < -0.4 is 59.1 Å². The number of carbonyl (C=O) groups excluding carboxylic acids is 1. The number of rotatable bonds is 15. The molecule has 0 aliphatic heterocycles. The number of hydrogen-bond acceptors (Lipinski definition) is 5. The average Bonchev–Trinajstić information content (AvgIpc) is 2.48. The maximum atomic E-state index is 11.4. The molecule has 0 radical (unpaired) electrons. The molecule has 2 N–H and O–H groups in total. The van der Waals surface area contributed by atoms with Crippen molar-refractivity contribution in [2.75, 3.05) is 6.61 Å².